The highest BCUT2D eigenvalue weighted by Gasteiger charge is 2.43. The topological polar surface area (TPSA) is 64.6 Å². The van der Waals surface area contributed by atoms with Gasteiger partial charge in [-0.05, 0) is 18.2 Å². The van der Waals surface area contributed by atoms with Gasteiger partial charge in [-0.2, -0.15) is 0 Å². The van der Waals surface area contributed by atoms with Gasteiger partial charge < -0.3 is 9.47 Å². The summed E-state index contributed by atoms with van der Waals surface area (Å²) in [5.41, 5.74) is 0.0124. The maximum atomic E-state index is 12.9. The summed E-state index contributed by atoms with van der Waals surface area (Å²) in [4.78, 5) is -0.202. The number of halogens is 4. The molecule has 0 aliphatic carbocycles. The number of benzene rings is 1. The molecule has 5 nitrogen and oxygen atoms in total. The lowest BCUT2D eigenvalue weighted by atomic mass is 10.3. The van der Waals surface area contributed by atoms with Gasteiger partial charge in [-0.15, -0.1) is 20.1 Å². The average molecular weight is 388 g/mol. The number of alkyl halides is 2. The van der Waals surface area contributed by atoms with Crippen LogP contribution in [0, 0.1) is 0 Å². The quantitative estimate of drug-likeness (QED) is 0.857. The van der Waals surface area contributed by atoms with Gasteiger partial charge >= 0.3 is 6.29 Å². The number of hydrogen-bond acceptors (Lipinski definition) is 5. The smallest absolute Gasteiger partial charge is 0.395 e. The molecule has 1 aliphatic heterocycles. The first kappa shape index (κ1) is 15.6. The highest BCUT2D eigenvalue weighted by atomic mass is 35.5. The maximum absolute atomic E-state index is 12.9. The Morgan fingerprint density at radius 2 is 1.82 bits per heavy atom. The predicted octanol–water partition coefficient (Wildman–Crippen LogP) is 4.18. The number of anilines is 1. The minimum absolute atomic E-state index is 0.00947. The van der Waals surface area contributed by atoms with Crippen molar-refractivity contribution in [2.75, 3.05) is 4.72 Å². The van der Waals surface area contributed by atoms with E-state index in [0.29, 0.717) is 0 Å². The Hall–Kier alpha value is -1.29. The first-order valence-electron chi connectivity index (χ1n) is 5.54. The molecular weight excluding hydrogens is 383 g/mol. The fourth-order valence-electron chi connectivity index (χ4n) is 1.73. The summed E-state index contributed by atoms with van der Waals surface area (Å²) in [6, 6.07) is 4.69. The van der Waals surface area contributed by atoms with Crippen LogP contribution in [0.1, 0.15) is 0 Å². The zero-order valence-corrected chi connectivity index (χ0v) is 13.4. The molecule has 0 saturated carbocycles. The van der Waals surface area contributed by atoms with E-state index in [2.05, 4.69) is 14.2 Å². The van der Waals surface area contributed by atoms with Crippen LogP contribution >= 0.6 is 34.5 Å². The first-order valence-corrected chi connectivity index (χ1v) is 8.59. The molecule has 22 heavy (non-hydrogen) atoms. The van der Waals surface area contributed by atoms with Gasteiger partial charge in [-0.3, -0.25) is 4.72 Å². The molecular formula is C11H5Cl2F2NO4S2. The van der Waals surface area contributed by atoms with Gasteiger partial charge in [0.1, 0.15) is 9.23 Å². The summed E-state index contributed by atoms with van der Waals surface area (Å²) in [5.74, 6) is -0.468. The molecule has 0 amide bonds. The van der Waals surface area contributed by atoms with Crippen molar-refractivity contribution in [2.45, 2.75) is 11.2 Å². The third kappa shape index (κ3) is 2.94. The molecule has 0 atom stereocenters. The second-order valence-electron chi connectivity index (χ2n) is 4.12. The Balaban J connectivity index is 1.90. The van der Waals surface area contributed by atoms with E-state index in [0.717, 1.165) is 23.5 Å². The summed E-state index contributed by atoms with van der Waals surface area (Å²) >= 11 is 12.4. The Labute approximate surface area is 137 Å². The van der Waals surface area contributed by atoms with Gasteiger partial charge in [0.15, 0.2) is 11.5 Å². The van der Waals surface area contributed by atoms with Crippen LogP contribution in [0.3, 0.4) is 0 Å². The fourth-order valence-corrected chi connectivity index (χ4v) is 4.93. The van der Waals surface area contributed by atoms with Crippen LogP contribution in [0.2, 0.25) is 8.67 Å². The second kappa shape index (κ2) is 5.12. The van der Waals surface area contributed by atoms with E-state index >= 15 is 0 Å². The van der Waals surface area contributed by atoms with Gasteiger partial charge in [0, 0.05) is 6.07 Å². The SMILES string of the molecule is O=S(=O)(Nc1ccc2c(c1)OC(F)(F)O2)c1cc(Cl)sc1Cl. The van der Waals surface area contributed by atoms with E-state index in [1.807, 2.05) is 0 Å². The number of fused-ring (bicyclic) bond motifs is 1. The number of sulfonamides is 1. The van der Waals surface area contributed by atoms with Gasteiger partial charge in [-0.1, -0.05) is 23.2 Å². The molecule has 0 saturated heterocycles. The van der Waals surface area contributed by atoms with E-state index in [1.165, 1.54) is 12.1 Å². The summed E-state index contributed by atoms with van der Waals surface area (Å²) in [7, 11) is -4.01. The minimum atomic E-state index is -4.01. The van der Waals surface area contributed by atoms with Crippen molar-refractivity contribution in [3.05, 3.63) is 32.9 Å². The molecule has 2 heterocycles. The highest BCUT2D eigenvalue weighted by Crippen LogP contribution is 2.43. The Morgan fingerprint density at radius 1 is 1.14 bits per heavy atom. The monoisotopic (exact) mass is 387 g/mol. The van der Waals surface area contributed by atoms with Crippen LogP contribution in [0.25, 0.3) is 0 Å². The third-order valence-electron chi connectivity index (χ3n) is 2.57. The van der Waals surface area contributed by atoms with Gasteiger partial charge in [-0.25, -0.2) is 8.42 Å². The number of hydrogen-bond donors (Lipinski definition) is 1. The molecule has 118 valence electrons. The first-order chi connectivity index (χ1) is 10.2. The van der Waals surface area contributed by atoms with Crippen LogP contribution in [-0.4, -0.2) is 14.7 Å². The third-order valence-corrected chi connectivity index (χ3v) is 5.70. The summed E-state index contributed by atoms with van der Waals surface area (Å²) in [6.07, 6.45) is -3.77. The molecule has 1 N–H and O–H groups in total. The number of thiophene rings is 1. The van der Waals surface area contributed by atoms with Crippen LogP contribution in [0.5, 0.6) is 11.5 Å². The lowest BCUT2D eigenvalue weighted by molar-refractivity contribution is -0.286. The average Bonchev–Trinajstić information content (AvgIpc) is 2.86. The van der Waals surface area contributed by atoms with Crippen molar-refractivity contribution in [3.8, 4) is 11.5 Å². The van der Waals surface area contributed by atoms with E-state index in [1.54, 1.807) is 0 Å². The zero-order valence-electron chi connectivity index (χ0n) is 10.3. The van der Waals surface area contributed by atoms with E-state index in [-0.39, 0.29) is 30.8 Å². The van der Waals surface area contributed by atoms with Crippen molar-refractivity contribution in [2.24, 2.45) is 0 Å². The molecule has 1 aromatic carbocycles. The lowest BCUT2D eigenvalue weighted by Crippen LogP contribution is -2.25. The van der Waals surface area contributed by atoms with Crippen LogP contribution in [0.15, 0.2) is 29.2 Å². The molecule has 0 spiro atoms. The van der Waals surface area contributed by atoms with Crippen molar-refractivity contribution in [3.63, 3.8) is 0 Å². The number of ether oxygens (including phenoxy) is 2. The van der Waals surface area contributed by atoms with Crippen LogP contribution in [0.4, 0.5) is 14.5 Å². The molecule has 3 rings (SSSR count). The molecule has 1 aliphatic rings. The summed E-state index contributed by atoms with van der Waals surface area (Å²) in [5, 5.41) is 0. The Kier molecular flexibility index (Phi) is 3.63. The van der Waals surface area contributed by atoms with E-state index < -0.39 is 16.3 Å². The Morgan fingerprint density at radius 3 is 2.45 bits per heavy atom. The van der Waals surface area contributed by atoms with Crippen molar-refractivity contribution in [1.82, 2.24) is 0 Å². The van der Waals surface area contributed by atoms with Gasteiger partial charge in [0.2, 0.25) is 0 Å². The molecule has 1 aromatic heterocycles. The standard InChI is InChI=1S/C11H5Cl2F2NO4S2/c12-9-4-8(10(13)21-9)22(17,18)16-5-1-2-6-7(3-5)20-11(14,15)19-6/h1-4,16H. The van der Waals surface area contributed by atoms with Crippen molar-refractivity contribution in [1.29, 1.82) is 0 Å². The highest BCUT2D eigenvalue weighted by molar-refractivity contribution is 7.93. The van der Waals surface area contributed by atoms with E-state index in [4.69, 9.17) is 23.2 Å². The molecule has 0 bridgehead atoms. The summed E-state index contributed by atoms with van der Waals surface area (Å²) in [6.45, 7) is 0. The fraction of sp³-hybridized carbons (Fsp3) is 0.0909. The number of nitrogens with one attached hydrogen (secondary N) is 1. The zero-order chi connectivity index (χ0) is 16.1. The number of rotatable bonds is 3. The summed E-state index contributed by atoms with van der Waals surface area (Å²) < 4.78 is 61.1. The van der Waals surface area contributed by atoms with Crippen molar-refractivity contribution < 1.29 is 26.7 Å². The lowest BCUT2D eigenvalue weighted by Gasteiger charge is -2.07. The van der Waals surface area contributed by atoms with Crippen LogP contribution < -0.4 is 14.2 Å². The molecule has 2 aromatic rings. The predicted molar refractivity (Wildman–Crippen MR) is 77.8 cm³/mol. The molecule has 11 heteroatoms. The normalized spacial score (nSPS) is 15.8. The molecule has 0 unspecified atom stereocenters. The second-order valence-corrected chi connectivity index (χ2v) is 8.06. The molecule has 0 fully saturated rings. The Bertz CT molecular complexity index is 854. The van der Waals surface area contributed by atoms with Gasteiger partial charge in [0.05, 0.1) is 10.0 Å². The molecule has 0 radical (unpaired) electrons. The van der Waals surface area contributed by atoms with Crippen LogP contribution in [-0.2, 0) is 10.0 Å². The van der Waals surface area contributed by atoms with Crippen molar-refractivity contribution >= 4 is 50.2 Å². The largest absolute Gasteiger partial charge is 0.586 e. The maximum Gasteiger partial charge on any atom is 0.586 e. The van der Waals surface area contributed by atoms with Gasteiger partial charge in [0.25, 0.3) is 10.0 Å². The minimum Gasteiger partial charge on any atom is -0.395 e. The van der Waals surface area contributed by atoms with E-state index in [9.17, 15) is 17.2 Å².